The highest BCUT2D eigenvalue weighted by Gasteiger charge is 2.20. The molecule has 1 saturated heterocycles. The molecule has 1 aliphatic heterocycles. The van der Waals surface area contributed by atoms with Gasteiger partial charge in [-0.3, -0.25) is 9.69 Å². The van der Waals surface area contributed by atoms with E-state index < -0.39 is 6.10 Å². The Morgan fingerprint density at radius 1 is 1.17 bits per heavy atom. The summed E-state index contributed by atoms with van der Waals surface area (Å²) < 4.78 is 0. The molecule has 2 rings (SSSR count). The molecule has 1 amide bonds. The number of β-amino-alcohol motifs (C(OH)–C–C–N with tert-alkyl or cyclic N) is 1. The number of benzene rings is 1. The van der Waals surface area contributed by atoms with Crippen LogP contribution in [-0.4, -0.2) is 85.2 Å². The molecule has 5 heteroatoms. The molecule has 5 nitrogen and oxygen atoms in total. The van der Waals surface area contributed by atoms with Crippen LogP contribution in [-0.2, 0) is 0 Å². The Morgan fingerprint density at radius 2 is 1.74 bits per heavy atom. The molecule has 0 aromatic heterocycles. The first-order valence-corrected chi connectivity index (χ1v) is 8.28. The van der Waals surface area contributed by atoms with Gasteiger partial charge in [0.05, 0.1) is 6.10 Å². The maximum Gasteiger partial charge on any atom is 0.253 e. The van der Waals surface area contributed by atoms with Crippen LogP contribution in [0.3, 0.4) is 0 Å². The number of aliphatic hydroxyl groups is 1. The van der Waals surface area contributed by atoms with Gasteiger partial charge in [-0.05, 0) is 33.0 Å². The van der Waals surface area contributed by atoms with Gasteiger partial charge in [0.15, 0.2) is 0 Å². The van der Waals surface area contributed by atoms with Crippen molar-refractivity contribution >= 4 is 5.91 Å². The molecule has 1 N–H and O–H groups in total. The van der Waals surface area contributed by atoms with Crippen molar-refractivity contribution in [2.24, 2.45) is 0 Å². The van der Waals surface area contributed by atoms with Crippen molar-refractivity contribution in [3.8, 4) is 0 Å². The lowest BCUT2D eigenvalue weighted by atomic mass is 10.1. The van der Waals surface area contributed by atoms with Gasteiger partial charge < -0.3 is 14.9 Å². The lowest BCUT2D eigenvalue weighted by Gasteiger charge is -2.34. The standard InChI is InChI=1S/C18H29N3O2/c1-14-9-15(2)11-16(10-14)18(23)20(4)12-17(22)13-21-7-5-19(3)6-8-21/h9-11,17,22H,5-8,12-13H2,1-4H3. The summed E-state index contributed by atoms with van der Waals surface area (Å²) in [7, 11) is 3.87. The SMILES string of the molecule is Cc1cc(C)cc(C(=O)N(C)CC(O)CN2CCN(C)CC2)c1. The number of aryl methyl sites for hydroxylation is 2. The smallest absolute Gasteiger partial charge is 0.253 e. The van der Waals surface area contributed by atoms with Gasteiger partial charge in [-0.15, -0.1) is 0 Å². The van der Waals surface area contributed by atoms with Crippen LogP contribution < -0.4 is 0 Å². The molecule has 0 bridgehead atoms. The third-order valence-electron chi connectivity index (χ3n) is 4.36. The first-order chi connectivity index (χ1) is 10.8. The summed E-state index contributed by atoms with van der Waals surface area (Å²) in [6, 6.07) is 5.86. The van der Waals surface area contributed by atoms with Crippen molar-refractivity contribution in [2.75, 3.05) is 53.4 Å². The maximum absolute atomic E-state index is 12.5. The van der Waals surface area contributed by atoms with Crippen LogP contribution in [0.15, 0.2) is 18.2 Å². The summed E-state index contributed by atoms with van der Waals surface area (Å²) in [6.45, 7) is 8.98. The lowest BCUT2D eigenvalue weighted by Crippen LogP contribution is -2.49. The Bertz CT molecular complexity index is 519. The van der Waals surface area contributed by atoms with E-state index in [1.165, 1.54) is 0 Å². The average Bonchev–Trinajstić information content (AvgIpc) is 2.47. The quantitative estimate of drug-likeness (QED) is 0.879. The Kier molecular flexibility index (Phi) is 6.16. The van der Waals surface area contributed by atoms with Crippen LogP contribution in [0.4, 0.5) is 0 Å². The van der Waals surface area contributed by atoms with Crippen LogP contribution in [0.1, 0.15) is 21.5 Å². The van der Waals surface area contributed by atoms with Gasteiger partial charge in [0, 0.05) is 51.9 Å². The van der Waals surface area contributed by atoms with E-state index in [9.17, 15) is 9.90 Å². The number of carbonyl (C=O) groups excluding carboxylic acids is 1. The predicted molar refractivity (Wildman–Crippen MR) is 92.8 cm³/mol. The molecule has 1 aliphatic rings. The van der Waals surface area contributed by atoms with E-state index in [1.54, 1.807) is 11.9 Å². The molecule has 1 unspecified atom stereocenters. The topological polar surface area (TPSA) is 47.0 Å². The minimum Gasteiger partial charge on any atom is -0.390 e. The van der Waals surface area contributed by atoms with Crippen LogP contribution in [0.25, 0.3) is 0 Å². The maximum atomic E-state index is 12.5. The third kappa shape index (κ3) is 5.30. The highest BCUT2D eigenvalue weighted by molar-refractivity contribution is 5.94. The zero-order valence-electron chi connectivity index (χ0n) is 14.7. The van der Waals surface area contributed by atoms with Gasteiger partial charge >= 0.3 is 0 Å². The summed E-state index contributed by atoms with van der Waals surface area (Å²) in [5.74, 6) is -0.0331. The summed E-state index contributed by atoms with van der Waals surface area (Å²) in [5.41, 5.74) is 2.86. The molecule has 1 aromatic rings. The molecular weight excluding hydrogens is 290 g/mol. The van der Waals surface area contributed by atoms with E-state index in [1.807, 2.05) is 26.0 Å². The second-order valence-electron chi connectivity index (χ2n) is 6.82. The number of aliphatic hydroxyl groups excluding tert-OH is 1. The number of likely N-dealkylation sites (N-methyl/N-ethyl adjacent to an activating group) is 2. The zero-order valence-corrected chi connectivity index (χ0v) is 14.7. The van der Waals surface area contributed by atoms with Crippen molar-refractivity contribution in [3.63, 3.8) is 0 Å². The Morgan fingerprint density at radius 3 is 2.30 bits per heavy atom. The van der Waals surface area contributed by atoms with Gasteiger partial charge in [0.2, 0.25) is 0 Å². The molecule has 1 fully saturated rings. The highest BCUT2D eigenvalue weighted by atomic mass is 16.3. The molecule has 0 radical (unpaired) electrons. The molecular formula is C18H29N3O2. The molecule has 0 aliphatic carbocycles. The summed E-state index contributed by atoms with van der Waals surface area (Å²) >= 11 is 0. The monoisotopic (exact) mass is 319 g/mol. The number of nitrogens with zero attached hydrogens (tertiary/aromatic N) is 3. The molecule has 0 saturated carbocycles. The molecule has 128 valence electrons. The second kappa shape index (κ2) is 7.90. The Hall–Kier alpha value is -1.43. The second-order valence-corrected chi connectivity index (χ2v) is 6.82. The Labute approximate surface area is 139 Å². The zero-order chi connectivity index (χ0) is 17.0. The minimum absolute atomic E-state index is 0.0331. The lowest BCUT2D eigenvalue weighted by molar-refractivity contribution is 0.0501. The van der Waals surface area contributed by atoms with Crippen LogP contribution in [0.2, 0.25) is 0 Å². The van der Waals surface area contributed by atoms with Gasteiger partial charge in [-0.1, -0.05) is 17.2 Å². The van der Waals surface area contributed by atoms with Gasteiger partial charge in [0.1, 0.15) is 0 Å². The summed E-state index contributed by atoms with van der Waals surface area (Å²) in [4.78, 5) is 18.7. The summed E-state index contributed by atoms with van der Waals surface area (Å²) in [6.07, 6.45) is -0.515. The van der Waals surface area contributed by atoms with Crippen molar-refractivity contribution in [2.45, 2.75) is 20.0 Å². The molecule has 23 heavy (non-hydrogen) atoms. The third-order valence-corrected chi connectivity index (χ3v) is 4.36. The van der Waals surface area contributed by atoms with Crippen molar-refractivity contribution in [1.82, 2.24) is 14.7 Å². The first kappa shape index (κ1) is 17.9. The van der Waals surface area contributed by atoms with Crippen LogP contribution in [0.5, 0.6) is 0 Å². The number of amides is 1. The molecule has 1 aromatic carbocycles. The Balaban J connectivity index is 1.87. The van der Waals surface area contributed by atoms with E-state index in [2.05, 4.69) is 22.9 Å². The molecule has 1 heterocycles. The number of hydrogen-bond acceptors (Lipinski definition) is 4. The van der Waals surface area contributed by atoms with Gasteiger partial charge in [0.25, 0.3) is 5.91 Å². The van der Waals surface area contributed by atoms with Crippen LogP contribution in [0, 0.1) is 13.8 Å². The predicted octanol–water partition coefficient (Wildman–Crippen LogP) is 0.984. The van der Waals surface area contributed by atoms with Crippen molar-refractivity contribution < 1.29 is 9.90 Å². The van der Waals surface area contributed by atoms with E-state index in [4.69, 9.17) is 0 Å². The van der Waals surface area contributed by atoms with Crippen molar-refractivity contribution in [1.29, 1.82) is 0 Å². The fraction of sp³-hybridized carbons (Fsp3) is 0.611. The van der Waals surface area contributed by atoms with E-state index >= 15 is 0 Å². The number of carbonyl (C=O) groups is 1. The normalized spacial score (nSPS) is 18.0. The average molecular weight is 319 g/mol. The van der Waals surface area contributed by atoms with E-state index in [-0.39, 0.29) is 5.91 Å². The van der Waals surface area contributed by atoms with Gasteiger partial charge in [-0.25, -0.2) is 0 Å². The van der Waals surface area contributed by atoms with Gasteiger partial charge in [-0.2, -0.15) is 0 Å². The van der Waals surface area contributed by atoms with E-state index in [0.29, 0.717) is 18.7 Å². The molecule has 0 spiro atoms. The molecule has 1 atom stereocenters. The highest BCUT2D eigenvalue weighted by Crippen LogP contribution is 2.11. The number of hydrogen-bond donors (Lipinski definition) is 1. The number of rotatable bonds is 5. The van der Waals surface area contributed by atoms with E-state index in [0.717, 1.165) is 37.3 Å². The fourth-order valence-electron chi connectivity index (χ4n) is 3.10. The largest absolute Gasteiger partial charge is 0.390 e. The first-order valence-electron chi connectivity index (χ1n) is 8.28. The fourth-order valence-corrected chi connectivity index (χ4v) is 3.10. The van der Waals surface area contributed by atoms with Crippen LogP contribution >= 0.6 is 0 Å². The van der Waals surface area contributed by atoms with Crippen molar-refractivity contribution in [3.05, 3.63) is 34.9 Å². The number of piperazine rings is 1. The summed E-state index contributed by atoms with van der Waals surface area (Å²) in [5, 5.41) is 10.3. The minimum atomic E-state index is -0.515.